The van der Waals surface area contributed by atoms with Crippen LogP contribution in [0, 0.1) is 0 Å². The zero-order chi connectivity index (χ0) is 24.9. The van der Waals surface area contributed by atoms with E-state index < -0.39 is 12.1 Å². The van der Waals surface area contributed by atoms with Gasteiger partial charge in [0.25, 0.3) is 0 Å². The third-order valence-corrected chi connectivity index (χ3v) is 7.60. The molecule has 1 aromatic heterocycles. The highest BCUT2D eigenvalue weighted by Gasteiger charge is 2.21. The van der Waals surface area contributed by atoms with Gasteiger partial charge < -0.3 is 9.84 Å². The number of carboxylic acids is 1. The molecule has 0 aliphatic carbocycles. The smallest absolute Gasteiger partial charge is 0.349 e. The molecule has 0 unspecified atom stereocenters. The molecular formula is C32H28O3S. The van der Waals surface area contributed by atoms with Crippen LogP contribution in [0.1, 0.15) is 36.3 Å². The van der Waals surface area contributed by atoms with Crippen LogP contribution in [0.2, 0.25) is 0 Å². The average molecular weight is 493 g/mol. The van der Waals surface area contributed by atoms with Crippen LogP contribution in [-0.4, -0.2) is 11.1 Å². The summed E-state index contributed by atoms with van der Waals surface area (Å²) in [6.45, 7) is 2.24. The Hall–Kier alpha value is -3.89. The standard InChI is InChI=1S/C32H28O3S/c1-2-3-12-29-30(27-11-7-8-13-28(27)36-29)24-16-14-22(15-17-24)23-18-20-26(21-19-23)35-31(32(33)34)25-9-5-4-6-10-25/h4-11,13-21,31H,2-3,12H2,1H3,(H,33,34)/t31-/m1/s1. The SMILES string of the molecule is CCCCc1sc2ccccc2c1-c1ccc(-c2ccc(O[C@@H](C(=O)O)c3ccccc3)cc2)cc1. The fourth-order valence-electron chi connectivity index (χ4n) is 4.51. The number of unbranched alkanes of at least 4 members (excludes halogenated alkanes) is 1. The molecule has 0 aliphatic heterocycles. The van der Waals surface area contributed by atoms with Gasteiger partial charge in [-0.25, -0.2) is 4.79 Å². The lowest BCUT2D eigenvalue weighted by molar-refractivity contribution is -0.145. The highest BCUT2D eigenvalue weighted by molar-refractivity contribution is 7.19. The zero-order valence-corrected chi connectivity index (χ0v) is 21.0. The highest BCUT2D eigenvalue weighted by Crippen LogP contribution is 2.40. The van der Waals surface area contributed by atoms with Crippen LogP contribution in [0.25, 0.3) is 32.3 Å². The van der Waals surface area contributed by atoms with Crippen LogP contribution < -0.4 is 4.74 Å². The lowest BCUT2D eigenvalue weighted by Crippen LogP contribution is -2.18. The van der Waals surface area contributed by atoms with Crippen LogP contribution in [0.3, 0.4) is 0 Å². The number of rotatable bonds is 9. The van der Waals surface area contributed by atoms with Gasteiger partial charge >= 0.3 is 5.97 Å². The van der Waals surface area contributed by atoms with Gasteiger partial charge in [0.15, 0.2) is 0 Å². The van der Waals surface area contributed by atoms with E-state index in [0.29, 0.717) is 11.3 Å². The first-order chi connectivity index (χ1) is 17.6. The predicted molar refractivity (Wildman–Crippen MR) is 149 cm³/mol. The zero-order valence-electron chi connectivity index (χ0n) is 20.2. The lowest BCUT2D eigenvalue weighted by atomic mass is 9.97. The normalized spacial score (nSPS) is 11.9. The van der Waals surface area contributed by atoms with Gasteiger partial charge in [0.2, 0.25) is 6.10 Å². The van der Waals surface area contributed by atoms with Crippen molar-refractivity contribution in [2.45, 2.75) is 32.3 Å². The molecule has 0 amide bonds. The molecule has 0 spiro atoms. The number of thiophene rings is 1. The maximum absolute atomic E-state index is 11.8. The lowest BCUT2D eigenvalue weighted by Gasteiger charge is -2.16. The second-order valence-corrected chi connectivity index (χ2v) is 9.99. The van der Waals surface area contributed by atoms with E-state index in [9.17, 15) is 9.90 Å². The number of hydrogen-bond acceptors (Lipinski definition) is 3. The van der Waals surface area contributed by atoms with E-state index in [1.54, 1.807) is 12.1 Å². The molecule has 0 saturated heterocycles. The van der Waals surface area contributed by atoms with Crippen LogP contribution in [0.15, 0.2) is 103 Å². The Morgan fingerprint density at radius 3 is 2.08 bits per heavy atom. The molecule has 1 N–H and O–H groups in total. The second kappa shape index (κ2) is 10.8. The number of aliphatic carboxylic acids is 1. The number of hydrogen-bond donors (Lipinski definition) is 1. The number of aryl methyl sites for hydroxylation is 1. The third kappa shape index (κ3) is 5.05. The van der Waals surface area contributed by atoms with Gasteiger partial charge in [0, 0.05) is 26.1 Å². The molecule has 1 atom stereocenters. The summed E-state index contributed by atoms with van der Waals surface area (Å²) in [7, 11) is 0. The summed E-state index contributed by atoms with van der Waals surface area (Å²) in [5.74, 6) is -0.489. The Morgan fingerprint density at radius 1 is 0.806 bits per heavy atom. The van der Waals surface area contributed by atoms with Crippen LogP contribution in [0.4, 0.5) is 0 Å². The third-order valence-electron chi connectivity index (χ3n) is 6.37. The Labute approximate surface area is 215 Å². The van der Waals surface area contributed by atoms with E-state index >= 15 is 0 Å². The van der Waals surface area contributed by atoms with Gasteiger partial charge in [-0.15, -0.1) is 11.3 Å². The molecule has 180 valence electrons. The molecule has 0 bridgehead atoms. The monoisotopic (exact) mass is 492 g/mol. The van der Waals surface area contributed by atoms with Gasteiger partial charge in [-0.1, -0.05) is 98.3 Å². The Morgan fingerprint density at radius 2 is 1.42 bits per heavy atom. The minimum absolute atomic E-state index is 0.525. The molecule has 4 heteroatoms. The molecule has 0 aliphatic rings. The number of ether oxygens (including phenoxy) is 1. The molecule has 0 fully saturated rings. The number of fused-ring (bicyclic) bond motifs is 1. The highest BCUT2D eigenvalue weighted by atomic mass is 32.1. The molecule has 36 heavy (non-hydrogen) atoms. The van der Waals surface area contributed by atoms with Crippen LogP contribution in [0.5, 0.6) is 5.75 Å². The van der Waals surface area contributed by atoms with Crippen molar-refractivity contribution in [3.63, 3.8) is 0 Å². The first-order valence-corrected chi connectivity index (χ1v) is 13.1. The van der Waals surface area contributed by atoms with Crippen molar-refractivity contribution in [1.29, 1.82) is 0 Å². The van der Waals surface area contributed by atoms with E-state index in [4.69, 9.17) is 4.74 Å². The Kier molecular flexibility index (Phi) is 7.15. The van der Waals surface area contributed by atoms with Crippen LogP contribution >= 0.6 is 11.3 Å². The van der Waals surface area contributed by atoms with Gasteiger partial charge in [-0.05, 0) is 47.7 Å². The maximum Gasteiger partial charge on any atom is 0.349 e. The summed E-state index contributed by atoms with van der Waals surface area (Å²) in [5, 5.41) is 11.0. The van der Waals surface area contributed by atoms with Crippen molar-refractivity contribution in [3.8, 4) is 28.0 Å². The summed E-state index contributed by atoms with van der Waals surface area (Å²) < 4.78 is 7.15. The van der Waals surface area contributed by atoms with Crippen molar-refractivity contribution in [3.05, 3.63) is 114 Å². The van der Waals surface area contributed by atoms with Crippen molar-refractivity contribution in [2.75, 3.05) is 0 Å². The maximum atomic E-state index is 11.8. The molecule has 5 rings (SSSR count). The minimum Gasteiger partial charge on any atom is -0.478 e. The van der Waals surface area contributed by atoms with E-state index in [-0.39, 0.29) is 0 Å². The number of carboxylic acid groups (broad SMARTS) is 1. The quantitative estimate of drug-likeness (QED) is 0.224. The van der Waals surface area contributed by atoms with Gasteiger partial charge in [-0.2, -0.15) is 0 Å². The molecule has 0 saturated carbocycles. The molecule has 0 radical (unpaired) electrons. The van der Waals surface area contributed by atoms with E-state index in [2.05, 4.69) is 55.5 Å². The molecule has 3 nitrogen and oxygen atoms in total. The summed E-state index contributed by atoms with van der Waals surface area (Å²) in [4.78, 5) is 13.2. The van der Waals surface area contributed by atoms with E-state index in [1.807, 2.05) is 53.8 Å². The summed E-state index contributed by atoms with van der Waals surface area (Å²) in [5.41, 5.74) is 5.39. The largest absolute Gasteiger partial charge is 0.478 e. The van der Waals surface area contributed by atoms with Gasteiger partial charge in [-0.3, -0.25) is 0 Å². The first kappa shape index (κ1) is 23.8. The first-order valence-electron chi connectivity index (χ1n) is 12.3. The summed E-state index contributed by atoms with van der Waals surface area (Å²) >= 11 is 1.91. The van der Waals surface area contributed by atoms with Crippen molar-refractivity contribution in [1.82, 2.24) is 0 Å². The molecular weight excluding hydrogens is 464 g/mol. The average Bonchev–Trinajstić information content (AvgIpc) is 3.29. The number of benzene rings is 4. The molecule has 1 heterocycles. The van der Waals surface area contributed by atoms with Crippen LogP contribution in [-0.2, 0) is 11.2 Å². The second-order valence-electron chi connectivity index (χ2n) is 8.85. The molecule has 4 aromatic carbocycles. The topological polar surface area (TPSA) is 46.5 Å². The molecule has 5 aromatic rings. The van der Waals surface area contributed by atoms with E-state index in [1.165, 1.54) is 38.9 Å². The summed E-state index contributed by atoms with van der Waals surface area (Å²) in [6, 6.07) is 34.0. The van der Waals surface area contributed by atoms with Gasteiger partial charge in [0.05, 0.1) is 0 Å². The van der Waals surface area contributed by atoms with E-state index in [0.717, 1.165) is 17.5 Å². The van der Waals surface area contributed by atoms with Crippen molar-refractivity contribution >= 4 is 27.4 Å². The fourth-order valence-corrected chi connectivity index (χ4v) is 5.77. The van der Waals surface area contributed by atoms with Gasteiger partial charge in [0.1, 0.15) is 5.75 Å². The predicted octanol–water partition coefficient (Wildman–Crippen LogP) is 8.78. The number of carbonyl (C=O) groups is 1. The van der Waals surface area contributed by atoms with Crippen molar-refractivity contribution in [2.24, 2.45) is 0 Å². The van der Waals surface area contributed by atoms with Crippen molar-refractivity contribution < 1.29 is 14.6 Å². The minimum atomic E-state index is -1.04. The Balaban J connectivity index is 1.38. The fraction of sp³-hybridized carbons (Fsp3) is 0.156. The summed E-state index contributed by atoms with van der Waals surface area (Å²) in [6.07, 6.45) is 2.44. The Bertz CT molecular complexity index is 1450.